The fourth-order valence-corrected chi connectivity index (χ4v) is 2.17. The van der Waals surface area contributed by atoms with Crippen LogP contribution in [0.25, 0.3) is 0 Å². The Morgan fingerprint density at radius 2 is 1.62 bits per heavy atom. The molecule has 16 heavy (non-hydrogen) atoms. The standard InChI is InChI=1S/C12H9ClFNS/c13-11-6-5-10(7-12(11)14)16-9-3-1-8(15)2-4-9/h1-7H,15H2. The van der Waals surface area contributed by atoms with Crippen molar-refractivity contribution in [1.29, 1.82) is 0 Å². The molecule has 1 nitrogen and oxygen atoms in total. The highest BCUT2D eigenvalue weighted by Gasteiger charge is 2.02. The Morgan fingerprint density at radius 1 is 1.00 bits per heavy atom. The summed E-state index contributed by atoms with van der Waals surface area (Å²) in [6.45, 7) is 0. The first-order valence-corrected chi connectivity index (χ1v) is 5.83. The van der Waals surface area contributed by atoms with Gasteiger partial charge in [-0.1, -0.05) is 23.4 Å². The van der Waals surface area contributed by atoms with Crippen LogP contribution in [0.3, 0.4) is 0 Å². The van der Waals surface area contributed by atoms with E-state index in [1.165, 1.54) is 17.8 Å². The summed E-state index contributed by atoms with van der Waals surface area (Å²) in [6, 6.07) is 12.2. The molecule has 2 N–H and O–H groups in total. The van der Waals surface area contributed by atoms with Gasteiger partial charge in [-0.2, -0.15) is 0 Å². The number of hydrogen-bond donors (Lipinski definition) is 1. The Hall–Kier alpha value is -1.19. The van der Waals surface area contributed by atoms with E-state index >= 15 is 0 Å². The van der Waals surface area contributed by atoms with Gasteiger partial charge in [0.1, 0.15) is 5.82 Å². The smallest absolute Gasteiger partial charge is 0.142 e. The molecule has 4 heteroatoms. The number of nitrogen functional groups attached to an aromatic ring is 1. The van der Waals surface area contributed by atoms with Crippen molar-refractivity contribution in [1.82, 2.24) is 0 Å². The maximum atomic E-state index is 13.2. The van der Waals surface area contributed by atoms with Crippen LogP contribution in [0.5, 0.6) is 0 Å². The number of benzene rings is 2. The second-order valence-corrected chi connectivity index (χ2v) is 4.80. The number of hydrogen-bond acceptors (Lipinski definition) is 2. The van der Waals surface area contributed by atoms with Gasteiger partial charge in [0, 0.05) is 15.5 Å². The highest BCUT2D eigenvalue weighted by atomic mass is 35.5. The second kappa shape index (κ2) is 4.76. The lowest BCUT2D eigenvalue weighted by Crippen LogP contribution is -1.83. The molecule has 0 saturated heterocycles. The molecule has 2 aromatic rings. The first-order valence-electron chi connectivity index (χ1n) is 4.63. The van der Waals surface area contributed by atoms with E-state index in [1.807, 2.05) is 24.3 Å². The lowest BCUT2D eigenvalue weighted by atomic mass is 10.3. The van der Waals surface area contributed by atoms with E-state index in [0.717, 1.165) is 9.79 Å². The second-order valence-electron chi connectivity index (χ2n) is 3.25. The van der Waals surface area contributed by atoms with Crippen molar-refractivity contribution in [3.8, 4) is 0 Å². The van der Waals surface area contributed by atoms with Crippen LogP contribution in [0.4, 0.5) is 10.1 Å². The van der Waals surface area contributed by atoms with E-state index in [9.17, 15) is 4.39 Å². The SMILES string of the molecule is Nc1ccc(Sc2ccc(Cl)c(F)c2)cc1. The molecule has 0 aliphatic rings. The Labute approximate surface area is 102 Å². The summed E-state index contributed by atoms with van der Waals surface area (Å²) in [4.78, 5) is 1.82. The van der Waals surface area contributed by atoms with E-state index in [-0.39, 0.29) is 5.02 Å². The van der Waals surface area contributed by atoms with Crippen LogP contribution in [0.1, 0.15) is 0 Å². The Morgan fingerprint density at radius 3 is 2.25 bits per heavy atom. The minimum atomic E-state index is -0.401. The molecule has 0 spiro atoms. The fourth-order valence-electron chi connectivity index (χ4n) is 1.21. The first kappa shape index (κ1) is 11.3. The molecule has 0 fully saturated rings. The average Bonchev–Trinajstić information content (AvgIpc) is 2.27. The van der Waals surface area contributed by atoms with Gasteiger partial charge in [0.2, 0.25) is 0 Å². The van der Waals surface area contributed by atoms with Gasteiger partial charge in [-0.05, 0) is 42.5 Å². The third-order valence-corrected chi connectivity index (χ3v) is 3.31. The number of nitrogens with two attached hydrogens (primary N) is 1. The molecule has 0 heterocycles. The van der Waals surface area contributed by atoms with Crippen LogP contribution in [-0.2, 0) is 0 Å². The molecule has 0 atom stereocenters. The van der Waals surface area contributed by atoms with E-state index in [1.54, 1.807) is 12.1 Å². The Bertz CT molecular complexity index is 499. The maximum absolute atomic E-state index is 13.2. The lowest BCUT2D eigenvalue weighted by molar-refractivity contribution is 0.624. The summed E-state index contributed by atoms with van der Waals surface area (Å²) in [6.07, 6.45) is 0. The third kappa shape index (κ3) is 2.68. The quantitative estimate of drug-likeness (QED) is 0.812. The summed E-state index contributed by atoms with van der Waals surface area (Å²) in [7, 11) is 0. The van der Waals surface area contributed by atoms with E-state index < -0.39 is 5.82 Å². The molecule has 0 aromatic heterocycles. The van der Waals surface area contributed by atoms with E-state index in [0.29, 0.717) is 5.69 Å². The van der Waals surface area contributed by atoms with Crippen molar-refractivity contribution in [3.63, 3.8) is 0 Å². The summed E-state index contributed by atoms with van der Waals surface area (Å²) >= 11 is 7.07. The van der Waals surface area contributed by atoms with Crippen LogP contribution >= 0.6 is 23.4 Å². The molecular formula is C12H9ClFNS. The van der Waals surface area contributed by atoms with Gasteiger partial charge >= 0.3 is 0 Å². The molecule has 2 rings (SSSR count). The van der Waals surface area contributed by atoms with Crippen LogP contribution in [0, 0.1) is 5.82 Å². The minimum absolute atomic E-state index is 0.140. The Kier molecular flexibility index (Phi) is 3.36. The number of anilines is 1. The van der Waals surface area contributed by atoms with Crippen molar-refractivity contribution in [3.05, 3.63) is 53.3 Å². The van der Waals surface area contributed by atoms with E-state index in [2.05, 4.69) is 0 Å². The zero-order valence-electron chi connectivity index (χ0n) is 8.28. The highest BCUT2D eigenvalue weighted by Crippen LogP contribution is 2.30. The van der Waals surface area contributed by atoms with Gasteiger partial charge in [-0.15, -0.1) is 0 Å². The van der Waals surface area contributed by atoms with Gasteiger partial charge in [-0.25, -0.2) is 4.39 Å². The summed E-state index contributed by atoms with van der Waals surface area (Å²) in [5.41, 5.74) is 6.29. The zero-order valence-corrected chi connectivity index (χ0v) is 9.86. The number of rotatable bonds is 2. The normalized spacial score (nSPS) is 10.4. The van der Waals surface area contributed by atoms with Gasteiger partial charge in [-0.3, -0.25) is 0 Å². The summed E-state index contributed by atoms with van der Waals surface area (Å²) < 4.78 is 13.2. The fraction of sp³-hybridized carbons (Fsp3) is 0. The van der Waals surface area contributed by atoms with Crippen molar-refractivity contribution in [2.75, 3.05) is 5.73 Å². The molecular weight excluding hydrogens is 245 g/mol. The molecule has 0 saturated carbocycles. The minimum Gasteiger partial charge on any atom is -0.399 e. The molecule has 0 bridgehead atoms. The monoisotopic (exact) mass is 253 g/mol. The average molecular weight is 254 g/mol. The molecule has 0 radical (unpaired) electrons. The van der Waals surface area contributed by atoms with Crippen molar-refractivity contribution < 1.29 is 4.39 Å². The molecule has 82 valence electrons. The zero-order chi connectivity index (χ0) is 11.5. The maximum Gasteiger partial charge on any atom is 0.142 e. The van der Waals surface area contributed by atoms with Gasteiger partial charge < -0.3 is 5.73 Å². The van der Waals surface area contributed by atoms with Crippen LogP contribution in [0.15, 0.2) is 52.3 Å². The predicted octanol–water partition coefficient (Wildman–Crippen LogP) is 4.21. The molecule has 0 unspecified atom stereocenters. The molecule has 2 aromatic carbocycles. The highest BCUT2D eigenvalue weighted by molar-refractivity contribution is 7.99. The van der Waals surface area contributed by atoms with Gasteiger partial charge in [0.25, 0.3) is 0 Å². The first-order chi connectivity index (χ1) is 7.65. The van der Waals surface area contributed by atoms with E-state index in [4.69, 9.17) is 17.3 Å². The van der Waals surface area contributed by atoms with Crippen LogP contribution in [-0.4, -0.2) is 0 Å². The van der Waals surface area contributed by atoms with Gasteiger partial charge in [0.05, 0.1) is 5.02 Å². The molecule has 0 amide bonds. The predicted molar refractivity (Wildman–Crippen MR) is 66.4 cm³/mol. The van der Waals surface area contributed by atoms with Gasteiger partial charge in [0.15, 0.2) is 0 Å². The van der Waals surface area contributed by atoms with Crippen LogP contribution in [0.2, 0.25) is 5.02 Å². The third-order valence-electron chi connectivity index (χ3n) is 2.01. The summed E-state index contributed by atoms with van der Waals surface area (Å²) in [5, 5.41) is 0.140. The molecule has 0 aliphatic carbocycles. The number of halogens is 2. The topological polar surface area (TPSA) is 26.0 Å². The summed E-state index contributed by atoms with van der Waals surface area (Å²) in [5.74, 6) is -0.401. The largest absolute Gasteiger partial charge is 0.399 e. The lowest BCUT2D eigenvalue weighted by Gasteiger charge is -2.03. The molecule has 0 aliphatic heterocycles. The van der Waals surface area contributed by atoms with Crippen LogP contribution < -0.4 is 5.73 Å². The Balaban J connectivity index is 2.20. The van der Waals surface area contributed by atoms with Crippen molar-refractivity contribution in [2.24, 2.45) is 0 Å². The van der Waals surface area contributed by atoms with Crippen molar-refractivity contribution in [2.45, 2.75) is 9.79 Å². The van der Waals surface area contributed by atoms with Crippen molar-refractivity contribution >= 4 is 29.1 Å².